The second-order valence-electron chi connectivity index (χ2n) is 4.49. The number of piperidine rings is 1. The van der Waals surface area contributed by atoms with Crippen LogP contribution in [0.25, 0.3) is 0 Å². The molecule has 0 aliphatic carbocycles. The van der Waals surface area contributed by atoms with E-state index >= 15 is 0 Å². The number of rotatable bonds is 5. The minimum Gasteiger partial charge on any atom is -0.311 e. The minimum absolute atomic E-state index is 0.143. The van der Waals surface area contributed by atoms with Gasteiger partial charge in [0, 0.05) is 6.04 Å². The highest BCUT2D eigenvalue weighted by Gasteiger charge is 2.24. The van der Waals surface area contributed by atoms with E-state index in [0.29, 0.717) is 5.92 Å². The van der Waals surface area contributed by atoms with Crippen LogP contribution in [0.3, 0.4) is 0 Å². The molecule has 1 fully saturated rings. The summed E-state index contributed by atoms with van der Waals surface area (Å²) in [4.78, 5) is 0. The second kappa shape index (κ2) is 6.39. The van der Waals surface area contributed by atoms with Gasteiger partial charge in [0.25, 0.3) is 0 Å². The van der Waals surface area contributed by atoms with E-state index in [0.717, 1.165) is 32.2 Å². The molecule has 1 N–H and O–H groups in total. The Bertz CT molecular complexity index is 139. The van der Waals surface area contributed by atoms with Crippen molar-refractivity contribution in [1.29, 1.82) is 0 Å². The Hall–Kier alpha value is -0.110. The molecule has 0 bridgehead atoms. The molecular weight excluding hydrogens is 177 g/mol. The maximum atomic E-state index is 13.9. The average molecular weight is 201 g/mol. The van der Waals surface area contributed by atoms with E-state index in [1.54, 1.807) is 0 Å². The Kier molecular flexibility index (Phi) is 5.46. The first kappa shape index (κ1) is 12.0. The van der Waals surface area contributed by atoms with Crippen LogP contribution in [-0.2, 0) is 0 Å². The third kappa shape index (κ3) is 3.56. The monoisotopic (exact) mass is 201 g/mol. The topological polar surface area (TPSA) is 12.0 Å². The molecule has 1 heterocycles. The highest BCUT2D eigenvalue weighted by molar-refractivity contribution is 4.81. The number of nitrogens with one attached hydrogen (secondary N) is 1. The number of hydrogen-bond donors (Lipinski definition) is 1. The molecule has 0 spiro atoms. The molecule has 0 aromatic rings. The fourth-order valence-corrected chi connectivity index (χ4v) is 2.29. The summed E-state index contributed by atoms with van der Waals surface area (Å²) in [6.45, 7) is 5.33. The lowest BCUT2D eigenvalue weighted by Crippen LogP contribution is -2.41. The lowest BCUT2D eigenvalue weighted by Gasteiger charge is -2.28. The molecule has 0 saturated carbocycles. The SMILES string of the molecule is CCC(CC)CC(F)C1CCCCN1. The number of hydrogen-bond acceptors (Lipinski definition) is 1. The molecule has 2 heteroatoms. The summed E-state index contributed by atoms with van der Waals surface area (Å²) in [6, 6.07) is 0.143. The van der Waals surface area contributed by atoms with Crippen molar-refractivity contribution in [3.63, 3.8) is 0 Å². The van der Waals surface area contributed by atoms with Gasteiger partial charge in [-0.15, -0.1) is 0 Å². The smallest absolute Gasteiger partial charge is 0.116 e. The third-order valence-electron chi connectivity index (χ3n) is 3.50. The molecule has 0 radical (unpaired) electrons. The lowest BCUT2D eigenvalue weighted by molar-refractivity contribution is 0.179. The quantitative estimate of drug-likeness (QED) is 0.719. The van der Waals surface area contributed by atoms with Gasteiger partial charge in [-0.05, 0) is 31.7 Å². The van der Waals surface area contributed by atoms with Crippen LogP contribution in [-0.4, -0.2) is 18.8 Å². The normalized spacial score (nSPS) is 25.3. The molecule has 0 amide bonds. The van der Waals surface area contributed by atoms with Gasteiger partial charge in [0.2, 0.25) is 0 Å². The van der Waals surface area contributed by atoms with Gasteiger partial charge in [-0.2, -0.15) is 0 Å². The van der Waals surface area contributed by atoms with E-state index in [1.807, 2.05) is 0 Å². The predicted molar refractivity (Wildman–Crippen MR) is 59.2 cm³/mol. The fourth-order valence-electron chi connectivity index (χ4n) is 2.29. The highest BCUT2D eigenvalue weighted by atomic mass is 19.1. The van der Waals surface area contributed by atoms with Gasteiger partial charge in [-0.1, -0.05) is 33.1 Å². The molecule has 2 atom stereocenters. The molecule has 1 saturated heterocycles. The first-order valence-corrected chi connectivity index (χ1v) is 6.15. The van der Waals surface area contributed by atoms with Crippen LogP contribution in [0.2, 0.25) is 0 Å². The van der Waals surface area contributed by atoms with Crippen molar-refractivity contribution in [2.45, 2.75) is 64.6 Å². The Morgan fingerprint density at radius 1 is 1.29 bits per heavy atom. The molecule has 1 aliphatic heterocycles. The van der Waals surface area contributed by atoms with Crippen LogP contribution in [0.4, 0.5) is 4.39 Å². The van der Waals surface area contributed by atoms with Gasteiger partial charge < -0.3 is 5.32 Å². The van der Waals surface area contributed by atoms with Crippen LogP contribution in [0, 0.1) is 5.92 Å². The van der Waals surface area contributed by atoms with Crippen molar-refractivity contribution in [1.82, 2.24) is 5.32 Å². The van der Waals surface area contributed by atoms with Crippen LogP contribution in [0.1, 0.15) is 52.4 Å². The van der Waals surface area contributed by atoms with E-state index in [1.165, 1.54) is 12.8 Å². The molecule has 2 unspecified atom stereocenters. The number of halogens is 1. The third-order valence-corrected chi connectivity index (χ3v) is 3.50. The Balaban J connectivity index is 2.27. The molecule has 0 aromatic heterocycles. The van der Waals surface area contributed by atoms with E-state index in [2.05, 4.69) is 19.2 Å². The lowest BCUT2D eigenvalue weighted by atomic mass is 9.91. The summed E-state index contributed by atoms with van der Waals surface area (Å²) >= 11 is 0. The molecule has 1 aliphatic rings. The summed E-state index contributed by atoms with van der Waals surface area (Å²) in [5.41, 5.74) is 0. The van der Waals surface area contributed by atoms with Crippen LogP contribution < -0.4 is 5.32 Å². The van der Waals surface area contributed by atoms with E-state index in [-0.39, 0.29) is 6.04 Å². The summed E-state index contributed by atoms with van der Waals surface area (Å²) in [5.74, 6) is 0.578. The zero-order chi connectivity index (χ0) is 10.4. The van der Waals surface area contributed by atoms with Crippen molar-refractivity contribution in [2.24, 2.45) is 5.92 Å². The van der Waals surface area contributed by atoms with Gasteiger partial charge >= 0.3 is 0 Å². The number of alkyl halides is 1. The summed E-state index contributed by atoms with van der Waals surface area (Å²) in [5, 5.41) is 3.30. The maximum Gasteiger partial charge on any atom is 0.116 e. The van der Waals surface area contributed by atoms with E-state index < -0.39 is 6.17 Å². The highest BCUT2D eigenvalue weighted by Crippen LogP contribution is 2.22. The van der Waals surface area contributed by atoms with Gasteiger partial charge in [0.1, 0.15) is 6.17 Å². The Morgan fingerprint density at radius 3 is 2.50 bits per heavy atom. The minimum atomic E-state index is -0.625. The second-order valence-corrected chi connectivity index (χ2v) is 4.49. The molecule has 1 rings (SSSR count). The van der Waals surface area contributed by atoms with Gasteiger partial charge in [-0.3, -0.25) is 0 Å². The van der Waals surface area contributed by atoms with E-state index in [4.69, 9.17) is 0 Å². The van der Waals surface area contributed by atoms with Crippen LogP contribution >= 0.6 is 0 Å². The molecular formula is C12H24FN. The van der Waals surface area contributed by atoms with Crippen molar-refractivity contribution < 1.29 is 4.39 Å². The average Bonchev–Trinajstić information content (AvgIpc) is 2.26. The first-order chi connectivity index (χ1) is 6.77. The van der Waals surface area contributed by atoms with Gasteiger partial charge in [0.15, 0.2) is 0 Å². The van der Waals surface area contributed by atoms with Crippen molar-refractivity contribution >= 4 is 0 Å². The largest absolute Gasteiger partial charge is 0.311 e. The van der Waals surface area contributed by atoms with Crippen molar-refractivity contribution in [3.05, 3.63) is 0 Å². The molecule has 84 valence electrons. The zero-order valence-electron chi connectivity index (χ0n) is 9.56. The van der Waals surface area contributed by atoms with Crippen LogP contribution in [0.5, 0.6) is 0 Å². The molecule has 0 aromatic carbocycles. The molecule has 1 nitrogen and oxygen atoms in total. The first-order valence-electron chi connectivity index (χ1n) is 6.15. The van der Waals surface area contributed by atoms with Gasteiger partial charge in [-0.25, -0.2) is 4.39 Å². The van der Waals surface area contributed by atoms with Crippen molar-refractivity contribution in [3.8, 4) is 0 Å². The molecule has 14 heavy (non-hydrogen) atoms. The standard InChI is InChI=1S/C12H24FN/c1-3-10(4-2)9-11(13)12-7-5-6-8-14-12/h10-12,14H,3-9H2,1-2H3. The maximum absolute atomic E-state index is 13.9. The van der Waals surface area contributed by atoms with Gasteiger partial charge in [0.05, 0.1) is 0 Å². The van der Waals surface area contributed by atoms with E-state index in [9.17, 15) is 4.39 Å². The van der Waals surface area contributed by atoms with Crippen LogP contribution in [0.15, 0.2) is 0 Å². The Labute approximate surface area is 87.5 Å². The summed E-state index contributed by atoms with van der Waals surface area (Å²) in [7, 11) is 0. The zero-order valence-corrected chi connectivity index (χ0v) is 9.56. The fraction of sp³-hybridized carbons (Fsp3) is 1.00. The summed E-state index contributed by atoms with van der Waals surface area (Å²) in [6.07, 6.45) is 5.80. The predicted octanol–water partition coefficient (Wildman–Crippen LogP) is 3.29. The van der Waals surface area contributed by atoms with Crippen molar-refractivity contribution in [2.75, 3.05) is 6.54 Å². The Morgan fingerprint density at radius 2 is 2.00 bits per heavy atom. The summed E-state index contributed by atoms with van der Waals surface area (Å²) < 4.78 is 13.9.